The Kier molecular flexibility index (Phi) is 4.75. The first-order valence-electron chi connectivity index (χ1n) is 6.99. The van der Waals surface area contributed by atoms with Gasteiger partial charge >= 0.3 is 0 Å². The highest BCUT2D eigenvalue weighted by Gasteiger charge is 2.30. The molecule has 0 unspecified atom stereocenters. The molecule has 5 nitrogen and oxygen atoms in total. The molecule has 118 valence electrons. The maximum absolute atomic E-state index is 12.5. The minimum Gasteiger partial charge on any atom is -0.338 e. The Morgan fingerprint density at radius 1 is 1.33 bits per heavy atom. The first-order chi connectivity index (χ1) is 9.70. The summed E-state index contributed by atoms with van der Waals surface area (Å²) in [5, 5.41) is 0. The zero-order valence-corrected chi connectivity index (χ0v) is 14.6. The number of amides is 1. The molecule has 0 aliphatic carbocycles. The number of hydrogen-bond donors (Lipinski definition) is 0. The summed E-state index contributed by atoms with van der Waals surface area (Å²) in [4.78, 5) is 16.5. The number of rotatable bonds is 3. The minimum absolute atomic E-state index is 0.00522. The molecule has 1 fully saturated rings. The highest BCUT2D eigenvalue weighted by atomic mass is 32.2. The van der Waals surface area contributed by atoms with Crippen LogP contribution in [0.2, 0.25) is 0 Å². The molecule has 1 aliphatic heterocycles. The van der Waals surface area contributed by atoms with Gasteiger partial charge in [0.1, 0.15) is 0 Å². The Morgan fingerprint density at radius 3 is 2.33 bits per heavy atom. The molecule has 7 heteroatoms. The Hall–Kier alpha value is -0.920. The third kappa shape index (κ3) is 3.64. The van der Waals surface area contributed by atoms with Gasteiger partial charge in [-0.25, -0.2) is 12.7 Å². The van der Waals surface area contributed by atoms with E-state index in [9.17, 15) is 13.2 Å². The van der Waals surface area contributed by atoms with Gasteiger partial charge in [-0.3, -0.25) is 4.79 Å². The Labute approximate surface area is 130 Å². The summed E-state index contributed by atoms with van der Waals surface area (Å²) < 4.78 is 24.5. The summed E-state index contributed by atoms with van der Waals surface area (Å²) in [5.74, 6) is 0.0670. The zero-order valence-electron chi connectivity index (χ0n) is 12.9. The van der Waals surface area contributed by atoms with Crippen LogP contribution in [-0.2, 0) is 10.0 Å². The van der Waals surface area contributed by atoms with Crippen LogP contribution in [0.1, 0.15) is 33.0 Å². The van der Waals surface area contributed by atoms with Crippen LogP contribution in [0.3, 0.4) is 0 Å². The second-order valence-corrected chi connectivity index (χ2v) is 9.13. The number of aryl methyl sites for hydroxylation is 2. The molecule has 1 aromatic rings. The van der Waals surface area contributed by atoms with E-state index < -0.39 is 10.0 Å². The molecule has 1 saturated heterocycles. The Bertz CT molecular complexity index is 629. The number of carbonyl (C=O) groups is 1. The molecule has 2 heterocycles. The van der Waals surface area contributed by atoms with E-state index >= 15 is 0 Å². The van der Waals surface area contributed by atoms with Crippen molar-refractivity contribution in [3.05, 3.63) is 21.4 Å². The lowest BCUT2D eigenvalue weighted by Gasteiger charge is -2.35. The van der Waals surface area contributed by atoms with Crippen LogP contribution in [0.5, 0.6) is 0 Å². The lowest BCUT2D eigenvalue weighted by Crippen LogP contribution is -2.47. The van der Waals surface area contributed by atoms with Crippen molar-refractivity contribution in [2.45, 2.75) is 32.7 Å². The van der Waals surface area contributed by atoms with Gasteiger partial charge in [0.2, 0.25) is 10.0 Å². The van der Waals surface area contributed by atoms with E-state index in [0.29, 0.717) is 25.9 Å². The number of thiophene rings is 1. The first-order valence-corrected chi connectivity index (χ1v) is 9.66. The number of nitrogens with zero attached hydrogens (tertiary/aromatic N) is 2. The van der Waals surface area contributed by atoms with Crippen LogP contribution >= 0.6 is 11.3 Å². The second-order valence-electron chi connectivity index (χ2n) is 5.63. The van der Waals surface area contributed by atoms with Crippen LogP contribution in [0, 0.1) is 13.8 Å². The van der Waals surface area contributed by atoms with Crippen molar-refractivity contribution in [3.63, 3.8) is 0 Å². The van der Waals surface area contributed by atoms with Crippen molar-refractivity contribution in [1.82, 2.24) is 9.21 Å². The van der Waals surface area contributed by atoms with Gasteiger partial charge in [0.25, 0.3) is 5.91 Å². The summed E-state index contributed by atoms with van der Waals surface area (Å²) in [6.07, 6.45) is 2.61. The molecule has 0 bridgehead atoms. The molecule has 0 saturated carbocycles. The topological polar surface area (TPSA) is 57.7 Å². The monoisotopic (exact) mass is 330 g/mol. The van der Waals surface area contributed by atoms with Crippen LogP contribution < -0.4 is 0 Å². The fourth-order valence-electron chi connectivity index (χ4n) is 2.72. The normalized spacial score (nSPS) is 17.5. The Balaban J connectivity index is 2.01. The van der Waals surface area contributed by atoms with Crippen LogP contribution in [0.15, 0.2) is 6.07 Å². The highest BCUT2D eigenvalue weighted by Crippen LogP contribution is 2.24. The van der Waals surface area contributed by atoms with E-state index in [1.165, 1.54) is 10.6 Å². The van der Waals surface area contributed by atoms with Gasteiger partial charge in [0.15, 0.2) is 0 Å². The molecule has 21 heavy (non-hydrogen) atoms. The van der Waals surface area contributed by atoms with Gasteiger partial charge in [-0.1, -0.05) is 0 Å². The van der Waals surface area contributed by atoms with E-state index in [0.717, 1.165) is 15.3 Å². The summed E-state index contributed by atoms with van der Waals surface area (Å²) >= 11 is 1.64. The lowest BCUT2D eigenvalue weighted by atomic mass is 10.0. The SMILES string of the molecule is Cc1cc(C(=O)N2CCC(N(C)S(C)(=O)=O)CC2)c(C)s1. The molecular weight excluding hydrogens is 308 g/mol. The minimum atomic E-state index is -3.16. The number of likely N-dealkylation sites (tertiary alicyclic amines) is 1. The summed E-state index contributed by atoms with van der Waals surface area (Å²) in [6.45, 7) is 5.19. The summed E-state index contributed by atoms with van der Waals surface area (Å²) in [7, 11) is -1.55. The smallest absolute Gasteiger partial charge is 0.254 e. The van der Waals surface area contributed by atoms with E-state index in [1.807, 2.05) is 24.8 Å². The zero-order chi connectivity index (χ0) is 15.8. The van der Waals surface area contributed by atoms with E-state index in [1.54, 1.807) is 18.4 Å². The Morgan fingerprint density at radius 2 is 1.90 bits per heavy atom. The highest BCUT2D eigenvalue weighted by molar-refractivity contribution is 7.88. The van der Waals surface area contributed by atoms with E-state index in [4.69, 9.17) is 0 Å². The summed E-state index contributed by atoms with van der Waals surface area (Å²) in [5.41, 5.74) is 0.785. The van der Waals surface area contributed by atoms with Crippen molar-refractivity contribution in [2.24, 2.45) is 0 Å². The van der Waals surface area contributed by atoms with Gasteiger partial charge in [0, 0.05) is 35.9 Å². The van der Waals surface area contributed by atoms with Gasteiger partial charge in [0.05, 0.1) is 11.8 Å². The maximum Gasteiger partial charge on any atom is 0.254 e. The van der Waals surface area contributed by atoms with Crippen molar-refractivity contribution in [2.75, 3.05) is 26.4 Å². The molecule has 2 rings (SSSR count). The third-order valence-electron chi connectivity index (χ3n) is 4.06. The van der Waals surface area contributed by atoms with Crippen molar-refractivity contribution in [1.29, 1.82) is 0 Å². The van der Waals surface area contributed by atoms with E-state index in [-0.39, 0.29) is 11.9 Å². The van der Waals surface area contributed by atoms with Crippen LogP contribution in [0.4, 0.5) is 0 Å². The predicted molar refractivity (Wildman–Crippen MR) is 85.3 cm³/mol. The number of hydrogen-bond acceptors (Lipinski definition) is 4. The van der Waals surface area contributed by atoms with Crippen LogP contribution in [-0.4, -0.2) is 56.0 Å². The predicted octanol–water partition coefficient (Wildman–Crippen LogP) is 1.86. The van der Waals surface area contributed by atoms with Crippen molar-refractivity contribution < 1.29 is 13.2 Å². The van der Waals surface area contributed by atoms with Gasteiger partial charge in [-0.05, 0) is 32.8 Å². The van der Waals surface area contributed by atoms with Crippen molar-refractivity contribution in [3.8, 4) is 0 Å². The fraction of sp³-hybridized carbons (Fsp3) is 0.643. The summed E-state index contributed by atoms with van der Waals surface area (Å²) in [6, 6.07) is 1.94. The average molecular weight is 330 g/mol. The number of sulfonamides is 1. The average Bonchev–Trinajstić information content (AvgIpc) is 2.75. The quantitative estimate of drug-likeness (QED) is 0.850. The van der Waals surface area contributed by atoms with Gasteiger partial charge in [-0.15, -0.1) is 11.3 Å². The molecule has 0 radical (unpaired) electrons. The van der Waals surface area contributed by atoms with E-state index in [2.05, 4.69) is 0 Å². The van der Waals surface area contributed by atoms with Crippen molar-refractivity contribution >= 4 is 27.3 Å². The first kappa shape index (κ1) is 16.5. The third-order valence-corrected chi connectivity index (χ3v) is 6.37. The second kappa shape index (κ2) is 6.06. The van der Waals surface area contributed by atoms with Gasteiger partial charge < -0.3 is 4.90 Å². The largest absolute Gasteiger partial charge is 0.338 e. The lowest BCUT2D eigenvalue weighted by molar-refractivity contribution is 0.0686. The molecule has 0 spiro atoms. The molecule has 0 atom stereocenters. The maximum atomic E-state index is 12.5. The standard InChI is InChI=1S/C14H22N2O3S2/c1-10-9-13(11(2)20-10)14(17)16-7-5-12(6-8-16)15(3)21(4,18)19/h9,12H,5-8H2,1-4H3. The number of carbonyl (C=O) groups excluding carboxylic acids is 1. The molecular formula is C14H22N2O3S2. The molecule has 1 aliphatic rings. The molecule has 1 aromatic heterocycles. The number of piperidine rings is 1. The fourth-order valence-corrected chi connectivity index (χ4v) is 4.39. The molecule has 0 aromatic carbocycles. The van der Waals surface area contributed by atoms with Crippen LogP contribution in [0.25, 0.3) is 0 Å². The molecule has 0 N–H and O–H groups in total. The van der Waals surface area contributed by atoms with Gasteiger partial charge in [-0.2, -0.15) is 0 Å². The molecule has 1 amide bonds.